The molecule has 0 amide bonds. The zero-order chi connectivity index (χ0) is 14.5. The van der Waals surface area contributed by atoms with Crippen molar-refractivity contribution in [3.63, 3.8) is 0 Å². The fraction of sp³-hybridized carbons (Fsp3) is 0.214. The van der Waals surface area contributed by atoms with E-state index in [1.165, 1.54) is 11.3 Å². The van der Waals surface area contributed by atoms with Gasteiger partial charge in [0.05, 0.1) is 18.6 Å². The molecule has 0 N–H and O–H groups in total. The van der Waals surface area contributed by atoms with Gasteiger partial charge < -0.3 is 14.2 Å². The second kappa shape index (κ2) is 6.63. The number of ether oxygens (including phenoxy) is 3. The summed E-state index contributed by atoms with van der Waals surface area (Å²) in [5.74, 6) is 0.908. The topological polar surface area (TPSA) is 44.8 Å². The van der Waals surface area contributed by atoms with E-state index in [4.69, 9.17) is 25.8 Å². The van der Waals surface area contributed by atoms with Crippen molar-refractivity contribution in [2.75, 3.05) is 14.2 Å². The number of carbonyl (C=O) groups excluding carboxylic acids is 1. The molecule has 0 saturated heterocycles. The maximum absolute atomic E-state index is 11.8. The normalized spacial score (nSPS) is 10.2. The SMILES string of the molecule is COc1ccc(OC)c(COC(=O)c2ccc(Cl)s2)c1. The van der Waals surface area contributed by atoms with Crippen LogP contribution in [-0.4, -0.2) is 20.2 Å². The monoisotopic (exact) mass is 312 g/mol. The van der Waals surface area contributed by atoms with Crippen LogP contribution in [0.2, 0.25) is 4.34 Å². The lowest BCUT2D eigenvalue weighted by Gasteiger charge is -2.10. The van der Waals surface area contributed by atoms with E-state index in [9.17, 15) is 4.79 Å². The van der Waals surface area contributed by atoms with Gasteiger partial charge in [-0.1, -0.05) is 11.6 Å². The third kappa shape index (κ3) is 3.43. The lowest BCUT2D eigenvalue weighted by molar-refractivity contribution is 0.0475. The Bertz CT molecular complexity index is 609. The molecule has 0 radical (unpaired) electrons. The Kier molecular flexibility index (Phi) is 4.87. The quantitative estimate of drug-likeness (QED) is 0.788. The summed E-state index contributed by atoms with van der Waals surface area (Å²) in [7, 11) is 3.14. The van der Waals surface area contributed by atoms with Gasteiger partial charge in [-0.25, -0.2) is 4.79 Å². The lowest BCUT2D eigenvalue weighted by atomic mass is 10.2. The molecule has 2 aromatic rings. The first-order chi connectivity index (χ1) is 9.63. The predicted octanol–water partition coefficient (Wildman–Crippen LogP) is 3.78. The van der Waals surface area contributed by atoms with Crippen molar-refractivity contribution in [2.45, 2.75) is 6.61 Å². The third-order valence-electron chi connectivity index (χ3n) is 2.62. The minimum atomic E-state index is -0.410. The zero-order valence-corrected chi connectivity index (χ0v) is 12.6. The van der Waals surface area contributed by atoms with Crippen LogP contribution in [0.4, 0.5) is 0 Å². The molecular weight excluding hydrogens is 300 g/mol. The standard InChI is InChI=1S/C14H13ClO4S/c1-17-10-3-4-11(18-2)9(7-10)8-19-14(16)12-5-6-13(15)20-12/h3-7H,8H2,1-2H3. The van der Waals surface area contributed by atoms with Crippen LogP contribution < -0.4 is 9.47 Å². The summed E-state index contributed by atoms with van der Waals surface area (Å²) in [5.41, 5.74) is 0.739. The fourth-order valence-corrected chi connectivity index (χ4v) is 2.57. The Morgan fingerprint density at radius 2 is 2.00 bits per heavy atom. The highest BCUT2D eigenvalue weighted by Gasteiger charge is 2.12. The summed E-state index contributed by atoms with van der Waals surface area (Å²) in [5, 5.41) is 0. The molecule has 0 saturated carbocycles. The number of benzene rings is 1. The van der Waals surface area contributed by atoms with Crippen LogP contribution in [0.3, 0.4) is 0 Å². The largest absolute Gasteiger partial charge is 0.497 e. The van der Waals surface area contributed by atoms with Crippen molar-refractivity contribution < 1.29 is 19.0 Å². The maximum Gasteiger partial charge on any atom is 0.348 e. The third-order valence-corrected chi connectivity index (χ3v) is 3.83. The minimum absolute atomic E-state index is 0.106. The first-order valence-electron chi connectivity index (χ1n) is 5.77. The Balaban J connectivity index is 2.08. The van der Waals surface area contributed by atoms with Crippen molar-refractivity contribution in [3.05, 3.63) is 45.1 Å². The van der Waals surface area contributed by atoms with Crippen LogP contribution in [-0.2, 0) is 11.3 Å². The number of thiophene rings is 1. The second-order valence-corrected chi connectivity index (χ2v) is 5.57. The molecule has 1 aromatic heterocycles. The number of hydrogen-bond donors (Lipinski definition) is 0. The summed E-state index contributed by atoms with van der Waals surface area (Å²) in [6.45, 7) is 0.106. The average molecular weight is 313 g/mol. The number of rotatable bonds is 5. The molecular formula is C14H13ClO4S. The van der Waals surface area contributed by atoms with Gasteiger partial charge in [0.2, 0.25) is 0 Å². The smallest absolute Gasteiger partial charge is 0.348 e. The van der Waals surface area contributed by atoms with Gasteiger partial charge in [-0.2, -0.15) is 0 Å². The molecule has 0 spiro atoms. The van der Waals surface area contributed by atoms with Gasteiger partial charge >= 0.3 is 5.97 Å². The van der Waals surface area contributed by atoms with Gasteiger partial charge in [-0.15, -0.1) is 11.3 Å². The minimum Gasteiger partial charge on any atom is -0.497 e. The molecule has 0 unspecified atom stereocenters. The molecule has 0 bridgehead atoms. The van der Waals surface area contributed by atoms with Crippen LogP contribution in [0.15, 0.2) is 30.3 Å². The Hall–Kier alpha value is -1.72. The van der Waals surface area contributed by atoms with Crippen LogP contribution >= 0.6 is 22.9 Å². The molecule has 1 heterocycles. The van der Waals surface area contributed by atoms with Crippen molar-refractivity contribution in [2.24, 2.45) is 0 Å². The van der Waals surface area contributed by atoms with Crippen molar-refractivity contribution in [1.29, 1.82) is 0 Å². The molecule has 0 aliphatic carbocycles. The summed E-state index contributed by atoms with van der Waals surface area (Å²) >= 11 is 6.97. The van der Waals surface area contributed by atoms with Gasteiger partial charge in [-0.3, -0.25) is 0 Å². The van der Waals surface area contributed by atoms with Gasteiger partial charge in [0.15, 0.2) is 0 Å². The van der Waals surface area contributed by atoms with Crippen LogP contribution in [0.1, 0.15) is 15.2 Å². The summed E-state index contributed by atoms with van der Waals surface area (Å²) in [4.78, 5) is 12.3. The predicted molar refractivity (Wildman–Crippen MR) is 78.0 cm³/mol. The number of carbonyl (C=O) groups is 1. The number of methoxy groups -OCH3 is 2. The molecule has 0 aliphatic heterocycles. The van der Waals surface area contributed by atoms with Gasteiger partial charge in [0.1, 0.15) is 23.0 Å². The molecule has 0 aliphatic rings. The Labute approximate surface area is 125 Å². The molecule has 106 valence electrons. The molecule has 4 nitrogen and oxygen atoms in total. The number of halogens is 1. The summed E-state index contributed by atoms with van der Waals surface area (Å²) in [6.07, 6.45) is 0. The van der Waals surface area contributed by atoms with Crippen molar-refractivity contribution in [3.8, 4) is 11.5 Å². The highest BCUT2D eigenvalue weighted by atomic mass is 35.5. The molecule has 0 fully saturated rings. The van der Waals surface area contributed by atoms with Crippen LogP contribution in [0.5, 0.6) is 11.5 Å². The number of hydrogen-bond acceptors (Lipinski definition) is 5. The lowest BCUT2D eigenvalue weighted by Crippen LogP contribution is -2.04. The first kappa shape index (κ1) is 14.7. The van der Waals surface area contributed by atoms with E-state index in [2.05, 4.69) is 0 Å². The summed E-state index contributed by atoms with van der Waals surface area (Å²) < 4.78 is 16.2. The average Bonchev–Trinajstić information content (AvgIpc) is 2.91. The van der Waals surface area contributed by atoms with Crippen LogP contribution in [0.25, 0.3) is 0 Å². The van der Waals surface area contributed by atoms with E-state index in [1.807, 2.05) is 0 Å². The highest BCUT2D eigenvalue weighted by Crippen LogP contribution is 2.26. The van der Waals surface area contributed by atoms with Crippen LogP contribution in [0, 0.1) is 0 Å². The fourth-order valence-electron chi connectivity index (χ4n) is 1.63. The van der Waals surface area contributed by atoms with Gasteiger partial charge in [-0.05, 0) is 30.3 Å². The van der Waals surface area contributed by atoms with E-state index in [0.29, 0.717) is 20.7 Å². The molecule has 2 rings (SSSR count). The van der Waals surface area contributed by atoms with E-state index in [-0.39, 0.29) is 6.61 Å². The zero-order valence-electron chi connectivity index (χ0n) is 11.0. The Morgan fingerprint density at radius 3 is 2.60 bits per heavy atom. The van der Waals surface area contributed by atoms with E-state index >= 15 is 0 Å². The molecule has 6 heteroatoms. The van der Waals surface area contributed by atoms with E-state index < -0.39 is 5.97 Å². The number of esters is 1. The Morgan fingerprint density at radius 1 is 1.20 bits per heavy atom. The van der Waals surface area contributed by atoms with E-state index in [1.54, 1.807) is 44.6 Å². The van der Waals surface area contributed by atoms with Gasteiger partial charge in [0, 0.05) is 5.56 Å². The summed E-state index contributed by atoms with van der Waals surface area (Å²) in [6, 6.07) is 8.62. The van der Waals surface area contributed by atoms with E-state index in [0.717, 1.165) is 5.56 Å². The van der Waals surface area contributed by atoms with Crippen molar-refractivity contribution in [1.82, 2.24) is 0 Å². The first-order valence-corrected chi connectivity index (χ1v) is 6.97. The molecule has 0 atom stereocenters. The maximum atomic E-state index is 11.8. The van der Waals surface area contributed by atoms with Crippen molar-refractivity contribution >= 4 is 28.9 Å². The molecule has 1 aromatic carbocycles. The van der Waals surface area contributed by atoms with Gasteiger partial charge in [0.25, 0.3) is 0 Å². The second-order valence-electron chi connectivity index (χ2n) is 3.86. The molecule has 20 heavy (non-hydrogen) atoms. The highest BCUT2D eigenvalue weighted by molar-refractivity contribution is 7.17.